The van der Waals surface area contributed by atoms with E-state index in [1.165, 1.54) is 19.1 Å². The summed E-state index contributed by atoms with van der Waals surface area (Å²) in [4.78, 5) is 40.3. The first kappa shape index (κ1) is 26.8. The number of benzene rings is 2. The SMILES string of the molecule is COC(=O)C1=C(C(=O)OC)N(c2ccc(OC)cc2NC(=O)C(C)C)C(N)=C(C#N)C1c1ccccc1. The largest absolute Gasteiger partial charge is 0.497 e. The predicted octanol–water partition coefficient (Wildman–Crippen LogP) is 3.19. The average molecular weight is 505 g/mol. The summed E-state index contributed by atoms with van der Waals surface area (Å²) in [5, 5.41) is 13.0. The van der Waals surface area contributed by atoms with E-state index in [1.54, 1.807) is 62.4 Å². The number of anilines is 2. The summed E-state index contributed by atoms with van der Waals surface area (Å²) in [6, 6.07) is 15.5. The molecule has 0 spiro atoms. The Morgan fingerprint density at radius 3 is 2.22 bits per heavy atom. The lowest BCUT2D eigenvalue weighted by Gasteiger charge is -2.36. The first-order valence-corrected chi connectivity index (χ1v) is 11.3. The van der Waals surface area contributed by atoms with Gasteiger partial charge in [0.25, 0.3) is 0 Å². The quantitative estimate of drug-likeness (QED) is 0.543. The minimum Gasteiger partial charge on any atom is -0.497 e. The third kappa shape index (κ3) is 5.11. The Morgan fingerprint density at radius 1 is 1.03 bits per heavy atom. The van der Waals surface area contributed by atoms with Crippen LogP contribution in [0.3, 0.4) is 0 Å². The van der Waals surface area contributed by atoms with Crippen LogP contribution in [0.25, 0.3) is 0 Å². The van der Waals surface area contributed by atoms with E-state index < -0.39 is 17.9 Å². The van der Waals surface area contributed by atoms with Crippen LogP contribution in [0, 0.1) is 17.2 Å². The fraction of sp³-hybridized carbons (Fsp3) is 0.259. The van der Waals surface area contributed by atoms with Gasteiger partial charge in [0.05, 0.1) is 55.8 Å². The van der Waals surface area contributed by atoms with Crippen LogP contribution in [0.4, 0.5) is 11.4 Å². The van der Waals surface area contributed by atoms with E-state index in [-0.39, 0.29) is 45.9 Å². The van der Waals surface area contributed by atoms with Gasteiger partial charge in [-0.3, -0.25) is 9.69 Å². The molecule has 0 fully saturated rings. The number of hydrogen-bond donors (Lipinski definition) is 2. The zero-order chi connectivity index (χ0) is 27.3. The molecular weight excluding hydrogens is 476 g/mol. The summed E-state index contributed by atoms with van der Waals surface area (Å²) < 4.78 is 15.4. The van der Waals surface area contributed by atoms with E-state index in [1.807, 2.05) is 0 Å². The van der Waals surface area contributed by atoms with Gasteiger partial charge in [-0.05, 0) is 17.7 Å². The van der Waals surface area contributed by atoms with Crippen LogP contribution in [0.1, 0.15) is 25.3 Å². The molecule has 1 unspecified atom stereocenters. The van der Waals surface area contributed by atoms with Crippen LogP contribution >= 0.6 is 0 Å². The highest BCUT2D eigenvalue weighted by Crippen LogP contribution is 2.45. The number of esters is 2. The fourth-order valence-corrected chi connectivity index (χ4v) is 3.98. The van der Waals surface area contributed by atoms with Crippen LogP contribution in [-0.2, 0) is 23.9 Å². The maximum Gasteiger partial charge on any atom is 0.355 e. The molecule has 1 atom stereocenters. The van der Waals surface area contributed by atoms with Gasteiger partial charge in [0, 0.05) is 12.0 Å². The van der Waals surface area contributed by atoms with Gasteiger partial charge in [-0.1, -0.05) is 44.2 Å². The van der Waals surface area contributed by atoms with E-state index in [4.69, 9.17) is 19.9 Å². The number of nitriles is 1. The normalized spacial score (nSPS) is 15.3. The van der Waals surface area contributed by atoms with Crippen LogP contribution in [0.15, 0.2) is 71.2 Å². The molecule has 0 radical (unpaired) electrons. The second kappa shape index (κ2) is 11.3. The summed E-state index contributed by atoms with van der Waals surface area (Å²) in [6.07, 6.45) is 0. The minimum absolute atomic E-state index is 0.0104. The number of nitrogens with one attached hydrogen (secondary N) is 1. The van der Waals surface area contributed by atoms with Crippen molar-refractivity contribution in [2.45, 2.75) is 19.8 Å². The Balaban J connectivity index is 2.42. The fourth-order valence-electron chi connectivity index (χ4n) is 3.98. The van der Waals surface area contributed by atoms with E-state index in [0.717, 1.165) is 7.11 Å². The van der Waals surface area contributed by atoms with Gasteiger partial charge in [0.1, 0.15) is 17.3 Å². The highest BCUT2D eigenvalue weighted by atomic mass is 16.5. The Hall–Kier alpha value is -4.78. The maximum absolute atomic E-state index is 13.3. The third-order valence-electron chi connectivity index (χ3n) is 5.84. The molecule has 0 saturated heterocycles. The summed E-state index contributed by atoms with van der Waals surface area (Å²) >= 11 is 0. The second-order valence-corrected chi connectivity index (χ2v) is 8.36. The number of allylic oxidation sites excluding steroid dienone is 1. The molecule has 37 heavy (non-hydrogen) atoms. The van der Waals surface area contributed by atoms with Crippen molar-refractivity contribution in [1.29, 1.82) is 5.26 Å². The van der Waals surface area contributed by atoms with E-state index in [2.05, 4.69) is 11.4 Å². The van der Waals surface area contributed by atoms with Crippen LogP contribution in [0.5, 0.6) is 5.75 Å². The Kier molecular flexibility index (Phi) is 8.19. The standard InChI is InChI=1S/C27H28N4O6/c1-15(2)25(32)30-19-13-17(35-3)11-12-20(19)31-23(27(34)37-5)22(26(33)36-4)21(18(14-28)24(31)29)16-9-7-6-8-10-16/h6-13,15,21H,29H2,1-5H3,(H,30,32). The Morgan fingerprint density at radius 2 is 1.68 bits per heavy atom. The molecule has 10 nitrogen and oxygen atoms in total. The predicted molar refractivity (Wildman–Crippen MR) is 136 cm³/mol. The summed E-state index contributed by atoms with van der Waals surface area (Å²) in [5.41, 5.74) is 7.19. The zero-order valence-electron chi connectivity index (χ0n) is 21.2. The molecule has 3 N–H and O–H groups in total. The number of nitrogens with zero attached hydrogens (tertiary/aromatic N) is 2. The Bertz CT molecular complexity index is 1320. The third-order valence-corrected chi connectivity index (χ3v) is 5.84. The number of amides is 1. The summed E-state index contributed by atoms with van der Waals surface area (Å²) in [6.45, 7) is 3.44. The number of carbonyl (C=O) groups excluding carboxylic acids is 3. The molecule has 2 aromatic carbocycles. The van der Waals surface area contributed by atoms with Crippen molar-refractivity contribution in [2.24, 2.45) is 11.7 Å². The average Bonchev–Trinajstić information content (AvgIpc) is 2.91. The van der Waals surface area contributed by atoms with Gasteiger partial charge in [-0.2, -0.15) is 5.26 Å². The number of rotatable bonds is 7. The van der Waals surface area contributed by atoms with Crippen LogP contribution in [-0.4, -0.2) is 39.2 Å². The molecule has 3 rings (SSSR count). The molecule has 10 heteroatoms. The van der Waals surface area contributed by atoms with E-state index in [9.17, 15) is 19.6 Å². The molecule has 1 aliphatic heterocycles. The van der Waals surface area contributed by atoms with Crippen LogP contribution < -0.4 is 20.7 Å². The van der Waals surface area contributed by atoms with Gasteiger partial charge in [0.15, 0.2) is 0 Å². The highest BCUT2D eigenvalue weighted by Gasteiger charge is 2.43. The van der Waals surface area contributed by atoms with Gasteiger partial charge in [0.2, 0.25) is 5.91 Å². The second-order valence-electron chi connectivity index (χ2n) is 8.36. The molecule has 1 aliphatic rings. The number of nitrogens with two attached hydrogens (primary N) is 1. The molecule has 0 saturated carbocycles. The molecule has 0 aliphatic carbocycles. The van der Waals surface area contributed by atoms with Crippen LogP contribution in [0.2, 0.25) is 0 Å². The Labute approximate surface area is 214 Å². The molecule has 1 heterocycles. The lowest BCUT2D eigenvalue weighted by Crippen LogP contribution is -2.41. The minimum atomic E-state index is -1.00. The van der Waals surface area contributed by atoms with Crippen molar-refractivity contribution < 1.29 is 28.6 Å². The van der Waals surface area contributed by atoms with Gasteiger partial charge < -0.3 is 25.3 Å². The monoisotopic (exact) mass is 504 g/mol. The van der Waals surface area contributed by atoms with Gasteiger partial charge in [-0.25, -0.2) is 9.59 Å². The molecular formula is C27H28N4O6. The zero-order valence-corrected chi connectivity index (χ0v) is 21.2. The van der Waals surface area contributed by atoms with E-state index in [0.29, 0.717) is 11.3 Å². The van der Waals surface area contributed by atoms with Crippen molar-refractivity contribution in [3.05, 3.63) is 76.8 Å². The molecule has 192 valence electrons. The molecule has 0 aromatic heterocycles. The first-order chi connectivity index (χ1) is 17.7. The summed E-state index contributed by atoms with van der Waals surface area (Å²) in [5.74, 6) is -3.12. The lowest BCUT2D eigenvalue weighted by atomic mass is 9.81. The van der Waals surface area contributed by atoms with Crippen molar-refractivity contribution >= 4 is 29.2 Å². The molecule has 1 amide bonds. The number of carbonyl (C=O) groups is 3. The smallest absolute Gasteiger partial charge is 0.355 e. The van der Waals surface area contributed by atoms with Crippen molar-refractivity contribution in [2.75, 3.05) is 31.5 Å². The van der Waals surface area contributed by atoms with Crippen molar-refractivity contribution in [3.63, 3.8) is 0 Å². The first-order valence-electron chi connectivity index (χ1n) is 11.3. The van der Waals surface area contributed by atoms with E-state index >= 15 is 0 Å². The lowest BCUT2D eigenvalue weighted by molar-refractivity contribution is -0.139. The number of ether oxygens (including phenoxy) is 3. The van der Waals surface area contributed by atoms with Gasteiger partial charge >= 0.3 is 11.9 Å². The number of methoxy groups -OCH3 is 3. The highest BCUT2D eigenvalue weighted by molar-refractivity contribution is 6.08. The summed E-state index contributed by atoms with van der Waals surface area (Å²) in [7, 11) is 3.80. The number of hydrogen-bond acceptors (Lipinski definition) is 9. The van der Waals surface area contributed by atoms with Gasteiger partial charge in [-0.15, -0.1) is 0 Å². The molecule has 0 bridgehead atoms. The topological polar surface area (TPSA) is 144 Å². The maximum atomic E-state index is 13.3. The van der Waals surface area contributed by atoms with Crippen molar-refractivity contribution in [3.8, 4) is 11.8 Å². The van der Waals surface area contributed by atoms with Crippen molar-refractivity contribution in [1.82, 2.24) is 0 Å². The molecule has 2 aromatic rings.